The second kappa shape index (κ2) is 4.03. The van der Waals surface area contributed by atoms with Gasteiger partial charge in [-0.15, -0.1) is 0 Å². The van der Waals surface area contributed by atoms with Crippen LogP contribution in [0.15, 0.2) is 18.3 Å². The van der Waals surface area contributed by atoms with Crippen LogP contribution in [-0.4, -0.2) is 17.9 Å². The molecule has 0 radical (unpaired) electrons. The summed E-state index contributed by atoms with van der Waals surface area (Å²) in [6.07, 6.45) is 1.61. The Morgan fingerprint density at radius 3 is 2.77 bits per heavy atom. The van der Waals surface area contributed by atoms with Gasteiger partial charge in [-0.2, -0.15) is 0 Å². The van der Waals surface area contributed by atoms with Crippen LogP contribution in [0, 0.1) is 5.92 Å². The molecule has 1 aromatic rings. The summed E-state index contributed by atoms with van der Waals surface area (Å²) in [5.41, 5.74) is 0.556. The van der Waals surface area contributed by atoms with Crippen molar-refractivity contribution in [3.63, 3.8) is 0 Å². The minimum atomic E-state index is -0.0295. The summed E-state index contributed by atoms with van der Waals surface area (Å²) in [6.45, 7) is 3.71. The van der Waals surface area contributed by atoms with E-state index in [0.717, 1.165) is 0 Å². The van der Waals surface area contributed by atoms with E-state index in [1.54, 1.807) is 18.3 Å². The number of hydrogen-bond acceptors (Lipinski definition) is 3. The summed E-state index contributed by atoms with van der Waals surface area (Å²) in [4.78, 5) is 15.6. The summed E-state index contributed by atoms with van der Waals surface area (Å²) in [7, 11) is 1.51. The van der Waals surface area contributed by atoms with E-state index in [4.69, 9.17) is 4.74 Å². The molecule has 0 spiro atoms. The molecule has 1 aromatic heterocycles. The predicted molar refractivity (Wildman–Crippen MR) is 50.0 cm³/mol. The molecule has 0 aliphatic rings. The van der Waals surface area contributed by atoms with Gasteiger partial charge in [0.15, 0.2) is 5.78 Å². The molecule has 0 saturated carbocycles. The maximum absolute atomic E-state index is 11.6. The summed E-state index contributed by atoms with van der Waals surface area (Å²) in [5, 5.41) is 0. The fourth-order valence-electron chi connectivity index (χ4n) is 1.05. The van der Waals surface area contributed by atoms with Crippen molar-refractivity contribution in [1.29, 1.82) is 0 Å². The number of ketones is 1. The lowest BCUT2D eigenvalue weighted by Crippen LogP contribution is -2.09. The Morgan fingerprint density at radius 2 is 2.23 bits per heavy atom. The lowest BCUT2D eigenvalue weighted by Gasteiger charge is -2.07. The third kappa shape index (κ3) is 2.05. The molecule has 0 saturated heterocycles. The molecule has 3 heteroatoms. The van der Waals surface area contributed by atoms with Gasteiger partial charge >= 0.3 is 0 Å². The Bertz CT molecular complexity index is 308. The van der Waals surface area contributed by atoms with Crippen molar-refractivity contribution in [1.82, 2.24) is 4.98 Å². The highest BCUT2D eigenvalue weighted by atomic mass is 16.5. The van der Waals surface area contributed by atoms with Gasteiger partial charge < -0.3 is 4.74 Å². The number of rotatable bonds is 3. The van der Waals surface area contributed by atoms with Crippen molar-refractivity contribution in [2.75, 3.05) is 7.11 Å². The number of carbonyl (C=O) groups excluding carboxylic acids is 1. The fourth-order valence-corrected chi connectivity index (χ4v) is 1.05. The Labute approximate surface area is 77.8 Å². The number of methoxy groups -OCH3 is 1. The van der Waals surface area contributed by atoms with E-state index >= 15 is 0 Å². The molecule has 1 rings (SSSR count). The van der Waals surface area contributed by atoms with E-state index < -0.39 is 0 Å². The smallest absolute Gasteiger partial charge is 0.224 e. The molecule has 0 amide bonds. The number of aromatic nitrogens is 1. The first-order valence-corrected chi connectivity index (χ1v) is 4.20. The first-order chi connectivity index (χ1) is 6.16. The second-order valence-electron chi connectivity index (χ2n) is 3.08. The second-order valence-corrected chi connectivity index (χ2v) is 3.08. The summed E-state index contributed by atoms with van der Waals surface area (Å²) in [5.74, 6) is 0.434. The molecule has 0 aliphatic heterocycles. The van der Waals surface area contributed by atoms with Gasteiger partial charge in [0.1, 0.15) is 0 Å². The monoisotopic (exact) mass is 179 g/mol. The van der Waals surface area contributed by atoms with E-state index in [1.807, 2.05) is 13.8 Å². The van der Waals surface area contributed by atoms with Gasteiger partial charge in [0, 0.05) is 12.1 Å². The van der Waals surface area contributed by atoms with Gasteiger partial charge in [0.2, 0.25) is 5.88 Å². The van der Waals surface area contributed by atoms with Gasteiger partial charge in [0.25, 0.3) is 0 Å². The van der Waals surface area contributed by atoms with Crippen molar-refractivity contribution < 1.29 is 9.53 Å². The van der Waals surface area contributed by atoms with Gasteiger partial charge in [-0.05, 0) is 12.1 Å². The van der Waals surface area contributed by atoms with Crippen molar-refractivity contribution in [3.05, 3.63) is 23.9 Å². The zero-order valence-corrected chi connectivity index (χ0v) is 8.07. The molecule has 0 atom stereocenters. The van der Waals surface area contributed by atoms with Gasteiger partial charge in [-0.1, -0.05) is 13.8 Å². The van der Waals surface area contributed by atoms with E-state index in [2.05, 4.69) is 4.98 Å². The zero-order valence-electron chi connectivity index (χ0n) is 8.07. The maximum atomic E-state index is 11.6. The number of ether oxygens (including phenoxy) is 1. The van der Waals surface area contributed by atoms with Crippen molar-refractivity contribution in [2.45, 2.75) is 13.8 Å². The highest BCUT2D eigenvalue weighted by molar-refractivity contribution is 5.99. The quantitative estimate of drug-likeness (QED) is 0.665. The Balaban J connectivity index is 3.06. The number of carbonyl (C=O) groups is 1. The Kier molecular flexibility index (Phi) is 3.01. The van der Waals surface area contributed by atoms with Gasteiger partial charge in [-0.25, -0.2) is 4.98 Å². The van der Waals surface area contributed by atoms with Crippen LogP contribution in [0.4, 0.5) is 0 Å². The molecule has 0 aromatic carbocycles. The van der Waals surface area contributed by atoms with E-state index in [-0.39, 0.29) is 11.7 Å². The summed E-state index contributed by atoms with van der Waals surface area (Å²) < 4.78 is 4.98. The lowest BCUT2D eigenvalue weighted by molar-refractivity contribution is 0.0935. The molecule has 13 heavy (non-hydrogen) atoms. The zero-order chi connectivity index (χ0) is 9.84. The predicted octanol–water partition coefficient (Wildman–Crippen LogP) is 1.93. The molecule has 0 aliphatic carbocycles. The Morgan fingerprint density at radius 1 is 1.54 bits per heavy atom. The molecule has 0 bridgehead atoms. The minimum Gasteiger partial charge on any atom is -0.480 e. The molecule has 0 unspecified atom stereocenters. The van der Waals surface area contributed by atoms with Crippen LogP contribution in [0.25, 0.3) is 0 Å². The molecule has 1 heterocycles. The molecule has 70 valence electrons. The largest absolute Gasteiger partial charge is 0.480 e. The van der Waals surface area contributed by atoms with E-state index in [0.29, 0.717) is 11.4 Å². The average Bonchev–Trinajstić information content (AvgIpc) is 2.16. The number of hydrogen-bond donors (Lipinski definition) is 0. The first-order valence-electron chi connectivity index (χ1n) is 4.20. The third-order valence-electron chi connectivity index (χ3n) is 1.75. The highest BCUT2D eigenvalue weighted by Crippen LogP contribution is 2.17. The fraction of sp³-hybridized carbons (Fsp3) is 0.400. The van der Waals surface area contributed by atoms with Gasteiger partial charge in [-0.3, -0.25) is 4.79 Å². The molecule has 3 nitrogen and oxygen atoms in total. The lowest BCUT2D eigenvalue weighted by atomic mass is 10.0. The third-order valence-corrected chi connectivity index (χ3v) is 1.75. The van der Waals surface area contributed by atoms with Gasteiger partial charge in [0.05, 0.1) is 12.7 Å². The summed E-state index contributed by atoms with van der Waals surface area (Å²) in [6, 6.07) is 3.46. The normalized spacial score (nSPS) is 10.2. The van der Waals surface area contributed by atoms with Crippen LogP contribution < -0.4 is 4.74 Å². The van der Waals surface area contributed by atoms with Crippen LogP contribution in [0.2, 0.25) is 0 Å². The highest BCUT2D eigenvalue weighted by Gasteiger charge is 2.15. The average molecular weight is 179 g/mol. The topological polar surface area (TPSA) is 39.2 Å². The van der Waals surface area contributed by atoms with E-state index in [1.165, 1.54) is 7.11 Å². The SMILES string of the molecule is COc1ncccc1C(=O)C(C)C. The van der Waals surface area contributed by atoms with Crippen LogP contribution in [0.5, 0.6) is 5.88 Å². The van der Waals surface area contributed by atoms with E-state index in [9.17, 15) is 4.79 Å². The minimum absolute atomic E-state index is 0.0295. The van der Waals surface area contributed by atoms with Crippen molar-refractivity contribution >= 4 is 5.78 Å². The molecule has 0 N–H and O–H groups in total. The van der Waals surface area contributed by atoms with Crippen LogP contribution >= 0.6 is 0 Å². The number of nitrogens with zero attached hydrogens (tertiary/aromatic N) is 1. The summed E-state index contributed by atoms with van der Waals surface area (Å²) >= 11 is 0. The number of Topliss-reactive ketones (excluding diaryl/α,β-unsaturated/α-hetero) is 1. The first kappa shape index (κ1) is 9.71. The van der Waals surface area contributed by atoms with Crippen molar-refractivity contribution in [3.8, 4) is 5.88 Å². The maximum Gasteiger partial charge on any atom is 0.224 e. The standard InChI is InChI=1S/C10H13NO2/c1-7(2)9(12)8-5-4-6-11-10(8)13-3/h4-7H,1-3H3. The Hall–Kier alpha value is -1.38. The number of pyridine rings is 1. The molecular weight excluding hydrogens is 166 g/mol. The van der Waals surface area contributed by atoms with Crippen molar-refractivity contribution in [2.24, 2.45) is 5.92 Å². The molecule has 0 fully saturated rings. The van der Waals surface area contributed by atoms with Crippen LogP contribution in [0.3, 0.4) is 0 Å². The molecular formula is C10H13NO2. The van der Waals surface area contributed by atoms with Crippen LogP contribution in [0.1, 0.15) is 24.2 Å². The van der Waals surface area contributed by atoms with Crippen LogP contribution in [-0.2, 0) is 0 Å².